The lowest BCUT2D eigenvalue weighted by atomic mass is 9.89. The first-order valence-electron chi connectivity index (χ1n) is 8.36. The van der Waals surface area contributed by atoms with E-state index in [1.165, 1.54) is 44.6 Å². The fourth-order valence-electron chi connectivity index (χ4n) is 3.48. The summed E-state index contributed by atoms with van der Waals surface area (Å²) < 4.78 is 26.8. The molecule has 1 atom stereocenters. The van der Waals surface area contributed by atoms with E-state index < -0.39 is 11.6 Å². The van der Waals surface area contributed by atoms with Crippen LogP contribution in [-0.4, -0.2) is 12.6 Å². The molecule has 1 N–H and O–H groups in total. The van der Waals surface area contributed by atoms with Crippen molar-refractivity contribution in [1.29, 1.82) is 0 Å². The molecule has 0 saturated heterocycles. The molecule has 1 unspecified atom stereocenters. The Morgan fingerprint density at radius 2 is 1.86 bits per heavy atom. The zero-order chi connectivity index (χ0) is 15.1. The van der Waals surface area contributed by atoms with Crippen molar-refractivity contribution >= 4 is 0 Å². The highest BCUT2D eigenvalue weighted by molar-refractivity contribution is 5.19. The fraction of sp³-hybridized carbons (Fsp3) is 0.667. The molecule has 1 saturated carbocycles. The molecule has 1 aromatic rings. The number of benzene rings is 1. The van der Waals surface area contributed by atoms with Crippen molar-refractivity contribution in [3.8, 4) is 0 Å². The van der Waals surface area contributed by atoms with E-state index in [2.05, 4.69) is 12.2 Å². The van der Waals surface area contributed by atoms with Gasteiger partial charge in [-0.3, -0.25) is 0 Å². The average Bonchev–Trinajstić information content (AvgIpc) is 2.71. The fourth-order valence-corrected chi connectivity index (χ4v) is 3.48. The number of halogens is 2. The van der Waals surface area contributed by atoms with E-state index in [1.807, 2.05) is 0 Å². The zero-order valence-corrected chi connectivity index (χ0v) is 13.0. The van der Waals surface area contributed by atoms with Crippen molar-refractivity contribution in [3.05, 3.63) is 35.4 Å². The van der Waals surface area contributed by atoms with Crippen LogP contribution in [-0.2, 0) is 6.42 Å². The molecule has 0 spiro atoms. The number of rotatable bonds is 6. The summed E-state index contributed by atoms with van der Waals surface area (Å²) >= 11 is 0. The number of likely N-dealkylation sites (N-methyl/N-ethyl adjacent to an activating group) is 1. The normalized spacial score (nSPS) is 18.4. The second-order valence-corrected chi connectivity index (χ2v) is 6.29. The van der Waals surface area contributed by atoms with Gasteiger partial charge in [0.25, 0.3) is 0 Å². The summed E-state index contributed by atoms with van der Waals surface area (Å²) in [5.41, 5.74) is 0.621. The van der Waals surface area contributed by atoms with Crippen LogP contribution in [0, 0.1) is 17.6 Å². The molecule has 1 aliphatic carbocycles. The van der Waals surface area contributed by atoms with Crippen LogP contribution in [0.5, 0.6) is 0 Å². The van der Waals surface area contributed by atoms with Gasteiger partial charge in [0.15, 0.2) is 0 Å². The summed E-state index contributed by atoms with van der Waals surface area (Å²) in [6, 6.07) is 4.22. The van der Waals surface area contributed by atoms with E-state index in [0.29, 0.717) is 12.0 Å². The third-order valence-corrected chi connectivity index (χ3v) is 4.57. The standard InChI is InChI=1S/C18H27F2N/c1-2-21-17(11-14-7-5-3-4-6-8-14)12-15-9-10-16(19)13-18(15)20/h9-10,13-14,17,21H,2-8,11-12H2,1H3. The average molecular weight is 295 g/mol. The Morgan fingerprint density at radius 1 is 1.14 bits per heavy atom. The number of nitrogens with one attached hydrogen (secondary N) is 1. The second kappa shape index (κ2) is 8.47. The second-order valence-electron chi connectivity index (χ2n) is 6.29. The molecule has 0 aromatic heterocycles. The molecule has 0 amide bonds. The summed E-state index contributed by atoms with van der Waals surface area (Å²) in [6.07, 6.45) is 9.72. The Kier molecular flexibility index (Phi) is 6.62. The molecule has 1 fully saturated rings. The van der Waals surface area contributed by atoms with Crippen LogP contribution in [0.1, 0.15) is 57.4 Å². The van der Waals surface area contributed by atoms with Gasteiger partial charge < -0.3 is 5.32 Å². The van der Waals surface area contributed by atoms with E-state index in [-0.39, 0.29) is 6.04 Å². The van der Waals surface area contributed by atoms with Crippen LogP contribution < -0.4 is 5.32 Å². The predicted molar refractivity (Wildman–Crippen MR) is 83.3 cm³/mol. The van der Waals surface area contributed by atoms with Gasteiger partial charge in [0.1, 0.15) is 11.6 Å². The SMILES string of the molecule is CCNC(Cc1ccc(F)cc1F)CC1CCCCCC1. The minimum Gasteiger partial charge on any atom is -0.314 e. The lowest BCUT2D eigenvalue weighted by Crippen LogP contribution is -2.33. The Bertz CT molecular complexity index is 425. The molecule has 0 heterocycles. The Balaban J connectivity index is 1.97. The molecule has 118 valence electrons. The maximum atomic E-state index is 13.8. The van der Waals surface area contributed by atoms with Crippen molar-refractivity contribution < 1.29 is 8.78 Å². The van der Waals surface area contributed by atoms with E-state index in [0.717, 1.165) is 24.9 Å². The summed E-state index contributed by atoms with van der Waals surface area (Å²) in [6.45, 7) is 2.97. The Hall–Kier alpha value is -0.960. The maximum absolute atomic E-state index is 13.8. The quantitative estimate of drug-likeness (QED) is 0.740. The molecular weight excluding hydrogens is 268 g/mol. The Morgan fingerprint density at radius 3 is 2.48 bits per heavy atom. The monoisotopic (exact) mass is 295 g/mol. The van der Waals surface area contributed by atoms with Crippen LogP contribution in [0.4, 0.5) is 8.78 Å². The molecule has 1 aromatic carbocycles. The maximum Gasteiger partial charge on any atom is 0.129 e. The summed E-state index contributed by atoms with van der Waals surface area (Å²) in [7, 11) is 0. The molecule has 0 aliphatic heterocycles. The number of hydrogen-bond acceptors (Lipinski definition) is 1. The topological polar surface area (TPSA) is 12.0 Å². The van der Waals surface area contributed by atoms with Crippen molar-refractivity contribution in [2.24, 2.45) is 5.92 Å². The van der Waals surface area contributed by atoms with Gasteiger partial charge >= 0.3 is 0 Å². The summed E-state index contributed by atoms with van der Waals surface area (Å²) in [4.78, 5) is 0. The molecule has 0 radical (unpaired) electrons. The smallest absolute Gasteiger partial charge is 0.129 e. The highest BCUT2D eigenvalue weighted by atomic mass is 19.1. The van der Waals surface area contributed by atoms with E-state index >= 15 is 0 Å². The van der Waals surface area contributed by atoms with Crippen molar-refractivity contribution in [2.75, 3.05) is 6.54 Å². The van der Waals surface area contributed by atoms with Gasteiger partial charge in [-0.25, -0.2) is 8.78 Å². The van der Waals surface area contributed by atoms with Crippen LogP contribution in [0.25, 0.3) is 0 Å². The third-order valence-electron chi connectivity index (χ3n) is 4.57. The number of hydrogen-bond donors (Lipinski definition) is 1. The lowest BCUT2D eigenvalue weighted by Gasteiger charge is -2.23. The molecule has 21 heavy (non-hydrogen) atoms. The van der Waals surface area contributed by atoms with Gasteiger partial charge in [-0.05, 0) is 36.9 Å². The molecule has 3 heteroatoms. The van der Waals surface area contributed by atoms with Crippen LogP contribution in [0.2, 0.25) is 0 Å². The molecule has 1 aliphatic rings. The van der Waals surface area contributed by atoms with E-state index in [1.54, 1.807) is 6.07 Å². The predicted octanol–water partition coefficient (Wildman–Crippen LogP) is 4.85. The highest BCUT2D eigenvalue weighted by Gasteiger charge is 2.19. The van der Waals surface area contributed by atoms with Gasteiger partial charge in [0.2, 0.25) is 0 Å². The van der Waals surface area contributed by atoms with Crippen molar-refractivity contribution in [1.82, 2.24) is 5.32 Å². The van der Waals surface area contributed by atoms with Crippen LogP contribution in [0.3, 0.4) is 0 Å². The largest absolute Gasteiger partial charge is 0.314 e. The molecule has 0 bridgehead atoms. The minimum atomic E-state index is -0.500. The van der Waals surface area contributed by atoms with Crippen molar-refractivity contribution in [3.63, 3.8) is 0 Å². The Labute approximate surface area is 127 Å². The first kappa shape index (κ1) is 16.4. The van der Waals surface area contributed by atoms with Gasteiger partial charge in [-0.15, -0.1) is 0 Å². The van der Waals surface area contributed by atoms with Crippen LogP contribution in [0.15, 0.2) is 18.2 Å². The first-order valence-corrected chi connectivity index (χ1v) is 8.36. The lowest BCUT2D eigenvalue weighted by molar-refractivity contribution is 0.350. The van der Waals surface area contributed by atoms with Gasteiger partial charge in [-0.1, -0.05) is 51.5 Å². The van der Waals surface area contributed by atoms with Crippen molar-refractivity contribution in [2.45, 2.75) is 64.3 Å². The minimum absolute atomic E-state index is 0.290. The zero-order valence-electron chi connectivity index (χ0n) is 13.0. The van der Waals surface area contributed by atoms with E-state index in [9.17, 15) is 8.78 Å². The van der Waals surface area contributed by atoms with Gasteiger partial charge in [0.05, 0.1) is 0 Å². The van der Waals surface area contributed by atoms with Crippen LogP contribution >= 0.6 is 0 Å². The molecule has 1 nitrogen and oxygen atoms in total. The van der Waals surface area contributed by atoms with Gasteiger partial charge in [0, 0.05) is 12.1 Å². The first-order chi connectivity index (χ1) is 10.2. The molecular formula is C18H27F2N. The third kappa shape index (κ3) is 5.39. The summed E-state index contributed by atoms with van der Waals surface area (Å²) in [5, 5.41) is 3.48. The summed E-state index contributed by atoms with van der Waals surface area (Å²) in [5.74, 6) is -0.168. The van der Waals surface area contributed by atoms with E-state index in [4.69, 9.17) is 0 Å². The highest BCUT2D eigenvalue weighted by Crippen LogP contribution is 2.27. The molecule has 2 rings (SSSR count). The van der Waals surface area contributed by atoms with Gasteiger partial charge in [-0.2, -0.15) is 0 Å².